The van der Waals surface area contributed by atoms with Gasteiger partial charge < -0.3 is 10.0 Å². The predicted octanol–water partition coefficient (Wildman–Crippen LogP) is 2.03. The summed E-state index contributed by atoms with van der Waals surface area (Å²) in [7, 11) is 0. The second kappa shape index (κ2) is 10.5. The van der Waals surface area contributed by atoms with Gasteiger partial charge in [0.1, 0.15) is 0 Å². The number of allylic oxidation sites excluding steroid dienone is 1. The second-order valence-electron chi connectivity index (χ2n) is 2.92. The summed E-state index contributed by atoms with van der Waals surface area (Å²) in [4.78, 5) is 1.82. The zero-order chi connectivity index (χ0) is 10.9. The summed E-state index contributed by atoms with van der Waals surface area (Å²) < 4.78 is 0. The van der Waals surface area contributed by atoms with Gasteiger partial charge in [-0.25, -0.2) is 0 Å². The monoisotopic (exact) mass is 299 g/mol. The van der Waals surface area contributed by atoms with Gasteiger partial charge in [0.05, 0.1) is 0 Å². The first-order chi connectivity index (χ1) is 6.11. The predicted molar refractivity (Wildman–Crippen MR) is 54.8 cm³/mol. The molecule has 0 heterocycles. The molecule has 0 aliphatic rings. The van der Waals surface area contributed by atoms with Crippen molar-refractivity contribution in [3.63, 3.8) is 0 Å². The summed E-state index contributed by atoms with van der Waals surface area (Å²) in [5.41, 5.74) is 0. The van der Waals surface area contributed by atoms with Crippen molar-refractivity contribution in [3.8, 4) is 0 Å². The van der Waals surface area contributed by atoms with Crippen LogP contribution < -0.4 is 5.11 Å². The number of hydrogen-bond donors (Lipinski definition) is 0. The Morgan fingerprint density at radius 3 is 2.00 bits per heavy atom. The van der Waals surface area contributed by atoms with E-state index in [-0.39, 0.29) is 5.88 Å². The van der Waals surface area contributed by atoms with Crippen LogP contribution in [0.3, 0.4) is 0 Å². The van der Waals surface area contributed by atoms with Gasteiger partial charge >= 0.3 is 30.0 Å². The first-order valence-electron chi connectivity index (χ1n) is 4.52. The third-order valence-electron chi connectivity index (χ3n) is 1.55. The SMILES string of the molecule is CCN(CC)C([O-])=CC(C)C.[Zn+][Br]. The van der Waals surface area contributed by atoms with Crippen molar-refractivity contribution < 1.29 is 21.4 Å². The number of hydrogen-bond acceptors (Lipinski definition) is 2. The van der Waals surface area contributed by atoms with Crippen LogP contribution in [0, 0.1) is 5.92 Å². The third-order valence-corrected chi connectivity index (χ3v) is 1.55. The zero-order valence-corrected chi connectivity index (χ0v) is 13.6. The van der Waals surface area contributed by atoms with Crippen molar-refractivity contribution >= 4 is 13.6 Å². The van der Waals surface area contributed by atoms with Gasteiger partial charge in [0.25, 0.3) is 0 Å². The van der Waals surface area contributed by atoms with E-state index in [0.717, 1.165) is 13.1 Å². The molecule has 0 aromatic heterocycles. The van der Waals surface area contributed by atoms with Gasteiger partial charge in [-0.05, 0) is 25.6 Å². The summed E-state index contributed by atoms with van der Waals surface area (Å²) in [5, 5.41) is 11.3. The summed E-state index contributed by atoms with van der Waals surface area (Å²) in [5.74, 6) is 0.508. The minimum absolute atomic E-state index is 0.157. The van der Waals surface area contributed by atoms with E-state index in [1.165, 1.54) is 16.3 Å². The van der Waals surface area contributed by atoms with Crippen LogP contribution in [0.15, 0.2) is 12.0 Å². The Hall–Kier alpha value is 0.443. The number of rotatable bonds is 4. The minimum atomic E-state index is 0.157. The maximum atomic E-state index is 11.3. The van der Waals surface area contributed by atoms with Gasteiger partial charge in [-0.3, -0.25) is 0 Å². The molecule has 0 atom stereocenters. The maximum absolute atomic E-state index is 11.3. The Balaban J connectivity index is 0. The van der Waals surface area contributed by atoms with E-state index in [1.807, 2.05) is 32.6 Å². The molecule has 74 valence electrons. The second-order valence-corrected chi connectivity index (χ2v) is 2.92. The molecule has 13 heavy (non-hydrogen) atoms. The van der Waals surface area contributed by atoms with Crippen LogP contribution in [-0.4, -0.2) is 18.0 Å². The molecule has 0 aliphatic carbocycles. The molecule has 0 aromatic carbocycles. The van der Waals surface area contributed by atoms with Crippen LogP contribution in [0.25, 0.3) is 0 Å². The van der Waals surface area contributed by atoms with Crippen LogP contribution in [0.4, 0.5) is 0 Å². The van der Waals surface area contributed by atoms with Crippen molar-refractivity contribution in [3.05, 3.63) is 12.0 Å². The summed E-state index contributed by atoms with van der Waals surface area (Å²) in [6, 6.07) is 0. The van der Waals surface area contributed by atoms with Crippen molar-refractivity contribution in [2.75, 3.05) is 13.1 Å². The van der Waals surface area contributed by atoms with Crippen LogP contribution in [0.2, 0.25) is 0 Å². The van der Waals surface area contributed by atoms with Gasteiger partial charge in [0.15, 0.2) is 0 Å². The summed E-state index contributed by atoms with van der Waals surface area (Å²) in [6.45, 7) is 9.63. The van der Waals surface area contributed by atoms with Gasteiger partial charge in [-0.1, -0.05) is 19.9 Å². The van der Waals surface area contributed by atoms with Crippen molar-refractivity contribution in [1.82, 2.24) is 4.90 Å². The molecule has 0 rings (SSSR count). The van der Waals surface area contributed by atoms with Crippen LogP contribution in [0.5, 0.6) is 0 Å². The fourth-order valence-electron chi connectivity index (χ4n) is 0.926. The molecule has 0 aromatic rings. The summed E-state index contributed by atoms with van der Waals surface area (Å²) >= 11 is 4.25. The van der Waals surface area contributed by atoms with Crippen LogP contribution in [0.1, 0.15) is 27.7 Å². The van der Waals surface area contributed by atoms with E-state index in [1.54, 1.807) is 6.08 Å². The molecule has 0 unspecified atom stereocenters. The van der Waals surface area contributed by atoms with E-state index in [0.29, 0.717) is 5.92 Å². The third kappa shape index (κ3) is 8.76. The van der Waals surface area contributed by atoms with E-state index in [4.69, 9.17) is 0 Å². The molecule has 4 heteroatoms. The molecule has 0 N–H and O–H groups in total. The molecule has 0 radical (unpaired) electrons. The van der Waals surface area contributed by atoms with E-state index in [9.17, 15) is 5.11 Å². The average molecular weight is 302 g/mol. The molecular formula is C9H18BrNOZn. The zero-order valence-electron chi connectivity index (χ0n) is 9.01. The van der Waals surface area contributed by atoms with E-state index in [2.05, 4.69) is 13.6 Å². The Morgan fingerprint density at radius 1 is 1.38 bits per heavy atom. The van der Waals surface area contributed by atoms with Crippen LogP contribution in [-0.2, 0) is 16.3 Å². The molecule has 0 bridgehead atoms. The first-order valence-corrected chi connectivity index (χ1v) is 11.5. The first kappa shape index (κ1) is 15.9. The Kier molecular flexibility index (Phi) is 12.9. The van der Waals surface area contributed by atoms with E-state index < -0.39 is 0 Å². The molecule has 0 saturated carbocycles. The fourth-order valence-corrected chi connectivity index (χ4v) is 0.926. The fraction of sp³-hybridized carbons (Fsp3) is 0.778. The molecule has 2 nitrogen and oxygen atoms in total. The Bertz CT molecular complexity index is 136. The van der Waals surface area contributed by atoms with Crippen LogP contribution >= 0.6 is 13.6 Å². The molecule has 0 fully saturated rings. The van der Waals surface area contributed by atoms with E-state index >= 15 is 0 Å². The number of halogens is 1. The Morgan fingerprint density at radius 2 is 1.77 bits per heavy atom. The van der Waals surface area contributed by atoms with Gasteiger partial charge in [-0.2, -0.15) is 0 Å². The average Bonchev–Trinajstić information content (AvgIpc) is 2.08. The number of nitrogens with zero attached hydrogens (tertiary/aromatic N) is 1. The van der Waals surface area contributed by atoms with Gasteiger partial charge in [0.2, 0.25) is 0 Å². The summed E-state index contributed by atoms with van der Waals surface area (Å²) in [6.07, 6.45) is 1.76. The molecule has 0 saturated heterocycles. The molecular weight excluding hydrogens is 283 g/mol. The Labute approximate surface area is 98.4 Å². The normalized spacial score (nSPS) is 10.9. The standard InChI is InChI=1S/C9H19NO.BrH.Zn/c1-5-10(6-2)9(11)7-8(3)4;;/h7-8,11H,5-6H2,1-4H3;1H;/q;;+2/p-2. The molecule has 0 amide bonds. The molecule has 0 spiro atoms. The quantitative estimate of drug-likeness (QED) is 0.587. The van der Waals surface area contributed by atoms with Crippen molar-refractivity contribution in [2.24, 2.45) is 5.92 Å². The van der Waals surface area contributed by atoms with Crippen molar-refractivity contribution in [2.45, 2.75) is 27.7 Å². The molecule has 0 aliphatic heterocycles. The van der Waals surface area contributed by atoms with Crippen molar-refractivity contribution in [1.29, 1.82) is 0 Å². The van der Waals surface area contributed by atoms with Gasteiger partial charge in [-0.15, -0.1) is 0 Å². The topological polar surface area (TPSA) is 26.3 Å². The van der Waals surface area contributed by atoms with Gasteiger partial charge in [0, 0.05) is 13.1 Å².